The van der Waals surface area contributed by atoms with Gasteiger partial charge < -0.3 is 11.5 Å². The van der Waals surface area contributed by atoms with Crippen molar-refractivity contribution in [1.29, 1.82) is 0 Å². The van der Waals surface area contributed by atoms with Crippen LogP contribution in [0.5, 0.6) is 0 Å². The zero-order chi connectivity index (χ0) is 13.1. The topological polar surface area (TPSA) is 94.9 Å². The molecule has 18 heavy (non-hydrogen) atoms. The van der Waals surface area contributed by atoms with Crippen LogP contribution in [0.25, 0.3) is 0 Å². The van der Waals surface area contributed by atoms with Crippen molar-refractivity contribution in [3.8, 4) is 0 Å². The number of hydrogen-bond acceptors (Lipinski definition) is 5. The molecule has 0 bridgehead atoms. The van der Waals surface area contributed by atoms with Crippen LogP contribution < -0.4 is 11.5 Å². The Labute approximate surface area is 106 Å². The first-order valence-corrected chi connectivity index (χ1v) is 5.72. The maximum absolute atomic E-state index is 13.7. The van der Waals surface area contributed by atoms with Gasteiger partial charge in [-0.25, -0.2) is 9.37 Å². The summed E-state index contributed by atoms with van der Waals surface area (Å²) in [7, 11) is 0. The number of hydrogen-bond donors (Lipinski definition) is 2. The number of primary amides is 1. The zero-order valence-electron chi connectivity index (χ0n) is 9.13. The van der Waals surface area contributed by atoms with Gasteiger partial charge in [0.15, 0.2) is 0 Å². The second-order valence-electron chi connectivity index (χ2n) is 3.38. The fourth-order valence-electron chi connectivity index (χ4n) is 1.31. The molecule has 4 N–H and O–H groups in total. The molecule has 0 saturated heterocycles. The van der Waals surface area contributed by atoms with Gasteiger partial charge in [-0.05, 0) is 12.1 Å². The molecule has 2 aromatic rings. The highest BCUT2D eigenvalue weighted by molar-refractivity contribution is 7.99. The Morgan fingerprint density at radius 3 is 2.72 bits per heavy atom. The average Bonchev–Trinajstić information content (AvgIpc) is 2.33. The molecule has 0 aliphatic heterocycles. The minimum absolute atomic E-state index is 0.0171. The van der Waals surface area contributed by atoms with Gasteiger partial charge in [-0.3, -0.25) is 9.78 Å². The molecule has 7 heteroatoms. The van der Waals surface area contributed by atoms with E-state index in [9.17, 15) is 9.18 Å². The molecule has 0 fully saturated rings. The van der Waals surface area contributed by atoms with E-state index in [1.807, 2.05) is 0 Å². The molecule has 0 spiro atoms. The lowest BCUT2D eigenvalue weighted by molar-refractivity contribution is 0.100. The van der Waals surface area contributed by atoms with Crippen LogP contribution in [-0.2, 0) is 0 Å². The van der Waals surface area contributed by atoms with Gasteiger partial charge >= 0.3 is 0 Å². The molecule has 0 saturated carbocycles. The predicted molar refractivity (Wildman–Crippen MR) is 65.5 cm³/mol. The van der Waals surface area contributed by atoms with Crippen LogP contribution >= 0.6 is 11.8 Å². The van der Waals surface area contributed by atoms with E-state index in [0.29, 0.717) is 5.03 Å². The number of nitrogens with zero attached hydrogens (tertiary/aromatic N) is 2. The van der Waals surface area contributed by atoms with E-state index in [4.69, 9.17) is 11.5 Å². The summed E-state index contributed by atoms with van der Waals surface area (Å²) in [6.07, 6.45) is 4.50. The van der Waals surface area contributed by atoms with Crippen LogP contribution in [0.1, 0.15) is 10.4 Å². The summed E-state index contributed by atoms with van der Waals surface area (Å²) in [5.74, 6) is -1.23. The van der Waals surface area contributed by atoms with E-state index in [-0.39, 0.29) is 16.1 Å². The molecule has 0 unspecified atom stereocenters. The number of carbonyl (C=O) groups excluding carboxylic acids is 1. The number of rotatable bonds is 3. The molecule has 0 atom stereocenters. The number of aromatic nitrogens is 2. The molecule has 2 rings (SSSR count). The Bertz CT molecular complexity index is 591. The Morgan fingerprint density at radius 2 is 2.11 bits per heavy atom. The summed E-state index contributed by atoms with van der Waals surface area (Å²) < 4.78 is 13.7. The minimum Gasteiger partial charge on any atom is -0.398 e. The third-order valence-corrected chi connectivity index (χ3v) is 3.08. The second-order valence-corrected chi connectivity index (χ2v) is 4.44. The lowest BCUT2D eigenvalue weighted by atomic mass is 10.1. The quantitative estimate of drug-likeness (QED) is 0.818. The summed E-state index contributed by atoms with van der Waals surface area (Å²) in [5.41, 5.74) is 10.8. The zero-order valence-corrected chi connectivity index (χ0v) is 9.95. The summed E-state index contributed by atoms with van der Waals surface area (Å²) in [4.78, 5) is 19.2. The number of amides is 1. The third kappa shape index (κ3) is 2.57. The molecule has 0 aliphatic rings. The van der Waals surface area contributed by atoms with Crippen molar-refractivity contribution in [2.45, 2.75) is 9.92 Å². The van der Waals surface area contributed by atoms with E-state index in [1.54, 1.807) is 0 Å². The smallest absolute Gasteiger partial charge is 0.250 e. The standard InChI is InChI=1S/C11H9FN4OS/c12-7-4-8(13)6(11(14)17)3-9(7)18-10-5-15-1-2-16-10/h1-5H,13H2,(H2,14,17). The maximum Gasteiger partial charge on any atom is 0.250 e. The van der Waals surface area contributed by atoms with E-state index in [1.165, 1.54) is 24.7 Å². The van der Waals surface area contributed by atoms with Gasteiger partial charge in [-0.1, -0.05) is 11.8 Å². The van der Waals surface area contributed by atoms with Crippen LogP contribution in [0.4, 0.5) is 10.1 Å². The highest BCUT2D eigenvalue weighted by Crippen LogP contribution is 2.30. The summed E-state index contributed by atoms with van der Waals surface area (Å²) in [6.45, 7) is 0. The maximum atomic E-state index is 13.7. The molecule has 0 aliphatic carbocycles. The van der Waals surface area contributed by atoms with Crippen LogP contribution in [-0.4, -0.2) is 15.9 Å². The number of benzene rings is 1. The molecule has 5 nitrogen and oxygen atoms in total. The monoisotopic (exact) mass is 264 g/mol. The molecule has 1 heterocycles. The van der Waals surface area contributed by atoms with Crippen LogP contribution in [0.2, 0.25) is 0 Å². The first-order chi connectivity index (χ1) is 8.58. The molecular weight excluding hydrogens is 255 g/mol. The number of carbonyl (C=O) groups is 1. The van der Waals surface area contributed by atoms with Crippen molar-refractivity contribution in [3.63, 3.8) is 0 Å². The summed E-state index contributed by atoms with van der Waals surface area (Å²) >= 11 is 1.04. The van der Waals surface area contributed by atoms with E-state index in [2.05, 4.69) is 9.97 Å². The molecular formula is C11H9FN4OS. The number of halogens is 1. The second kappa shape index (κ2) is 5.01. The fraction of sp³-hybridized carbons (Fsp3) is 0. The largest absolute Gasteiger partial charge is 0.398 e. The minimum atomic E-state index is -0.700. The summed E-state index contributed by atoms with van der Waals surface area (Å²) in [5, 5.41) is 0.511. The van der Waals surface area contributed by atoms with Gasteiger partial charge in [0.25, 0.3) is 5.91 Å². The highest BCUT2D eigenvalue weighted by atomic mass is 32.2. The Hall–Kier alpha value is -2.15. The molecule has 92 valence electrons. The van der Waals surface area contributed by atoms with Gasteiger partial charge in [-0.2, -0.15) is 0 Å². The Kier molecular flexibility index (Phi) is 3.42. The lowest BCUT2D eigenvalue weighted by Gasteiger charge is -2.06. The normalized spacial score (nSPS) is 10.3. The van der Waals surface area contributed by atoms with Crippen molar-refractivity contribution in [2.75, 3.05) is 5.73 Å². The lowest BCUT2D eigenvalue weighted by Crippen LogP contribution is -2.14. The average molecular weight is 264 g/mol. The van der Waals surface area contributed by atoms with Crippen LogP contribution in [0.15, 0.2) is 40.6 Å². The first kappa shape index (κ1) is 12.3. The van der Waals surface area contributed by atoms with Crippen molar-refractivity contribution in [3.05, 3.63) is 42.1 Å². The molecule has 1 aromatic carbocycles. The van der Waals surface area contributed by atoms with E-state index in [0.717, 1.165) is 17.8 Å². The van der Waals surface area contributed by atoms with E-state index >= 15 is 0 Å². The van der Waals surface area contributed by atoms with Crippen molar-refractivity contribution in [1.82, 2.24) is 9.97 Å². The van der Waals surface area contributed by atoms with Crippen molar-refractivity contribution < 1.29 is 9.18 Å². The number of anilines is 1. The van der Waals surface area contributed by atoms with Crippen LogP contribution in [0, 0.1) is 5.82 Å². The van der Waals surface area contributed by atoms with Crippen molar-refractivity contribution >= 4 is 23.4 Å². The Morgan fingerprint density at radius 1 is 1.33 bits per heavy atom. The molecule has 1 aromatic heterocycles. The van der Waals surface area contributed by atoms with Gasteiger partial charge in [0.05, 0.1) is 16.7 Å². The predicted octanol–water partition coefficient (Wildman–Crippen LogP) is 1.45. The third-order valence-electron chi connectivity index (χ3n) is 2.12. The van der Waals surface area contributed by atoms with E-state index < -0.39 is 11.7 Å². The van der Waals surface area contributed by atoms with Gasteiger partial charge in [0, 0.05) is 18.1 Å². The number of nitrogen functional groups attached to an aromatic ring is 1. The van der Waals surface area contributed by atoms with Crippen LogP contribution in [0.3, 0.4) is 0 Å². The van der Waals surface area contributed by atoms with Crippen molar-refractivity contribution in [2.24, 2.45) is 5.73 Å². The Balaban J connectivity index is 2.39. The first-order valence-electron chi connectivity index (χ1n) is 4.90. The summed E-state index contributed by atoms with van der Waals surface area (Å²) in [6, 6.07) is 2.38. The van der Waals surface area contributed by atoms with Gasteiger partial charge in [0.2, 0.25) is 0 Å². The highest BCUT2D eigenvalue weighted by Gasteiger charge is 2.13. The number of nitrogens with two attached hydrogens (primary N) is 2. The fourth-order valence-corrected chi connectivity index (χ4v) is 2.10. The molecule has 0 radical (unpaired) electrons. The SMILES string of the molecule is NC(=O)c1cc(Sc2cnccn2)c(F)cc1N. The van der Waals surface area contributed by atoms with Gasteiger partial charge in [0.1, 0.15) is 10.8 Å². The molecule has 1 amide bonds. The van der Waals surface area contributed by atoms with Gasteiger partial charge in [-0.15, -0.1) is 0 Å².